The molecule has 1 heterocycles. The standard InChI is InChI=1S/C20H20BrN3OS/c1-13-6-7-18(14(2)8-13)22-12-19(25)24-20-23-11-17(26-20)10-15-4-3-5-16(21)9-15/h3-9,11,22H,10,12H2,1-2H3,(H,23,24,25). The van der Waals surface area contributed by atoms with Crippen molar-refractivity contribution >= 4 is 44.0 Å². The Kier molecular flexibility index (Phi) is 6.06. The summed E-state index contributed by atoms with van der Waals surface area (Å²) in [6, 6.07) is 14.3. The molecule has 0 fully saturated rings. The van der Waals surface area contributed by atoms with Gasteiger partial charge in [-0.1, -0.05) is 45.8 Å². The van der Waals surface area contributed by atoms with Crippen molar-refractivity contribution in [2.75, 3.05) is 17.2 Å². The predicted octanol–water partition coefficient (Wildman–Crippen LogP) is 5.16. The van der Waals surface area contributed by atoms with Gasteiger partial charge in [0.1, 0.15) is 0 Å². The monoisotopic (exact) mass is 429 g/mol. The molecule has 1 aromatic heterocycles. The van der Waals surface area contributed by atoms with E-state index in [1.54, 1.807) is 0 Å². The molecule has 134 valence electrons. The van der Waals surface area contributed by atoms with Crippen LogP contribution in [0.5, 0.6) is 0 Å². The summed E-state index contributed by atoms with van der Waals surface area (Å²) >= 11 is 4.99. The lowest BCUT2D eigenvalue weighted by atomic mass is 10.1. The zero-order valence-corrected chi connectivity index (χ0v) is 17.1. The van der Waals surface area contributed by atoms with Crippen LogP contribution < -0.4 is 10.6 Å². The molecule has 3 aromatic rings. The number of amides is 1. The second-order valence-electron chi connectivity index (χ2n) is 6.16. The van der Waals surface area contributed by atoms with Gasteiger partial charge in [0.15, 0.2) is 5.13 Å². The van der Waals surface area contributed by atoms with Crippen LogP contribution in [0.2, 0.25) is 0 Å². The fraction of sp³-hybridized carbons (Fsp3) is 0.200. The molecule has 1 amide bonds. The van der Waals surface area contributed by atoms with Crippen molar-refractivity contribution in [2.24, 2.45) is 0 Å². The molecule has 0 bridgehead atoms. The molecule has 6 heteroatoms. The molecule has 3 rings (SSSR count). The van der Waals surface area contributed by atoms with Crippen LogP contribution in [0.3, 0.4) is 0 Å². The normalized spacial score (nSPS) is 10.6. The van der Waals surface area contributed by atoms with E-state index in [1.165, 1.54) is 22.5 Å². The van der Waals surface area contributed by atoms with Crippen molar-refractivity contribution in [1.29, 1.82) is 0 Å². The maximum absolute atomic E-state index is 12.2. The minimum atomic E-state index is -0.103. The molecule has 0 aliphatic rings. The van der Waals surface area contributed by atoms with Crippen LogP contribution in [-0.2, 0) is 11.2 Å². The van der Waals surface area contributed by atoms with Crippen molar-refractivity contribution < 1.29 is 4.79 Å². The highest BCUT2D eigenvalue weighted by Crippen LogP contribution is 2.22. The Morgan fingerprint density at radius 1 is 1.19 bits per heavy atom. The van der Waals surface area contributed by atoms with E-state index in [1.807, 2.05) is 37.4 Å². The van der Waals surface area contributed by atoms with E-state index in [9.17, 15) is 4.79 Å². The lowest BCUT2D eigenvalue weighted by Crippen LogP contribution is -2.21. The van der Waals surface area contributed by atoms with Crippen molar-refractivity contribution in [3.8, 4) is 0 Å². The van der Waals surface area contributed by atoms with Crippen LogP contribution in [-0.4, -0.2) is 17.4 Å². The van der Waals surface area contributed by atoms with Gasteiger partial charge in [-0.3, -0.25) is 4.79 Å². The van der Waals surface area contributed by atoms with Crippen LogP contribution in [0.25, 0.3) is 0 Å². The number of thiazole rings is 1. The number of carbonyl (C=O) groups excluding carboxylic acids is 1. The highest BCUT2D eigenvalue weighted by Gasteiger charge is 2.08. The molecule has 0 unspecified atom stereocenters. The minimum Gasteiger partial charge on any atom is -0.376 e. The number of hydrogen-bond acceptors (Lipinski definition) is 4. The fourth-order valence-electron chi connectivity index (χ4n) is 2.65. The molecule has 0 atom stereocenters. The van der Waals surface area contributed by atoms with Gasteiger partial charge in [-0.25, -0.2) is 4.98 Å². The number of rotatable bonds is 6. The number of anilines is 2. The first-order valence-electron chi connectivity index (χ1n) is 8.30. The Labute approximate surface area is 165 Å². The number of carbonyl (C=O) groups is 1. The second kappa shape index (κ2) is 8.47. The van der Waals surface area contributed by atoms with Gasteiger partial charge >= 0.3 is 0 Å². The third-order valence-corrected chi connectivity index (χ3v) is 5.29. The topological polar surface area (TPSA) is 54.0 Å². The van der Waals surface area contributed by atoms with E-state index >= 15 is 0 Å². The van der Waals surface area contributed by atoms with Gasteiger partial charge < -0.3 is 10.6 Å². The first-order chi connectivity index (χ1) is 12.5. The largest absolute Gasteiger partial charge is 0.376 e. The fourth-order valence-corrected chi connectivity index (χ4v) is 3.96. The molecule has 0 saturated carbocycles. The van der Waals surface area contributed by atoms with E-state index < -0.39 is 0 Å². The summed E-state index contributed by atoms with van der Waals surface area (Å²) in [5.41, 5.74) is 4.51. The van der Waals surface area contributed by atoms with E-state index in [4.69, 9.17) is 0 Å². The van der Waals surface area contributed by atoms with Crippen molar-refractivity contribution in [1.82, 2.24) is 4.98 Å². The van der Waals surface area contributed by atoms with Gasteiger partial charge in [-0.05, 0) is 43.2 Å². The highest BCUT2D eigenvalue weighted by atomic mass is 79.9. The minimum absolute atomic E-state index is 0.103. The number of benzene rings is 2. The Balaban J connectivity index is 1.54. The molecule has 26 heavy (non-hydrogen) atoms. The molecular weight excluding hydrogens is 410 g/mol. The molecule has 0 radical (unpaired) electrons. The van der Waals surface area contributed by atoms with Gasteiger partial charge in [0.05, 0.1) is 6.54 Å². The van der Waals surface area contributed by atoms with Crippen LogP contribution in [0.15, 0.2) is 53.1 Å². The summed E-state index contributed by atoms with van der Waals surface area (Å²) in [5.74, 6) is -0.103. The molecule has 4 nitrogen and oxygen atoms in total. The smallest absolute Gasteiger partial charge is 0.245 e. The Morgan fingerprint density at radius 3 is 2.81 bits per heavy atom. The first-order valence-corrected chi connectivity index (χ1v) is 9.90. The van der Waals surface area contributed by atoms with Crippen LogP contribution >= 0.6 is 27.3 Å². The van der Waals surface area contributed by atoms with E-state index in [2.05, 4.69) is 56.7 Å². The second-order valence-corrected chi connectivity index (χ2v) is 8.19. The Morgan fingerprint density at radius 2 is 2.04 bits per heavy atom. The zero-order valence-electron chi connectivity index (χ0n) is 14.7. The number of halogens is 1. The van der Waals surface area contributed by atoms with Crippen molar-refractivity contribution in [3.05, 3.63) is 74.7 Å². The summed E-state index contributed by atoms with van der Waals surface area (Å²) in [6.07, 6.45) is 2.62. The van der Waals surface area contributed by atoms with Gasteiger partial charge in [0.25, 0.3) is 0 Å². The van der Waals surface area contributed by atoms with Crippen LogP contribution in [0.4, 0.5) is 10.8 Å². The van der Waals surface area contributed by atoms with E-state index in [0.717, 1.165) is 27.0 Å². The molecule has 0 spiro atoms. The summed E-state index contributed by atoms with van der Waals surface area (Å²) in [7, 11) is 0. The third-order valence-electron chi connectivity index (χ3n) is 3.89. The predicted molar refractivity (Wildman–Crippen MR) is 112 cm³/mol. The lowest BCUT2D eigenvalue weighted by Gasteiger charge is -2.09. The number of aryl methyl sites for hydroxylation is 2. The number of hydrogen-bond donors (Lipinski definition) is 2. The van der Waals surface area contributed by atoms with Crippen molar-refractivity contribution in [2.45, 2.75) is 20.3 Å². The maximum atomic E-state index is 12.2. The molecule has 0 aliphatic carbocycles. The summed E-state index contributed by atoms with van der Waals surface area (Å²) in [6.45, 7) is 4.30. The number of nitrogens with zero attached hydrogens (tertiary/aromatic N) is 1. The Hall–Kier alpha value is -2.18. The molecule has 2 aromatic carbocycles. The zero-order chi connectivity index (χ0) is 18.5. The molecule has 0 saturated heterocycles. The van der Waals surface area contributed by atoms with Gasteiger partial charge in [0.2, 0.25) is 5.91 Å². The SMILES string of the molecule is Cc1ccc(NCC(=O)Nc2ncc(Cc3cccc(Br)c3)s2)c(C)c1. The highest BCUT2D eigenvalue weighted by molar-refractivity contribution is 9.10. The molecular formula is C20H20BrN3OS. The van der Waals surface area contributed by atoms with Crippen LogP contribution in [0.1, 0.15) is 21.6 Å². The van der Waals surface area contributed by atoms with Crippen molar-refractivity contribution in [3.63, 3.8) is 0 Å². The van der Waals surface area contributed by atoms with E-state index in [-0.39, 0.29) is 12.5 Å². The average molecular weight is 430 g/mol. The summed E-state index contributed by atoms with van der Waals surface area (Å²) in [4.78, 5) is 17.6. The van der Waals surface area contributed by atoms with Gasteiger partial charge in [-0.2, -0.15) is 0 Å². The number of aromatic nitrogens is 1. The third kappa shape index (κ3) is 5.16. The number of nitrogens with one attached hydrogen (secondary N) is 2. The van der Waals surface area contributed by atoms with Crippen LogP contribution in [0, 0.1) is 13.8 Å². The quantitative estimate of drug-likeness (QED) is 0.568. The van der Waals surface area contributed by atoms with E-state index in [0.29, 0.717) is 5.13 Å². The van der Waals surface area contributed by atoms with Gasteiger partial charge in [-0.15, -0.1) is 11.3 Å². The molecule has 0 aliphatic heterocycles. The maximum Gasteiger partial charge on any atom is 0.245 e. The average Bonchev–Trinajstić information content (AvgIpc) is 3.01. The van der Waals surface area contributed by atoms with Gasteiger partial charge in [0, 0.05) is 27.7 Å². The summed E-state index contributed by atoms with van der Waals surface area (Å²) < 4.78 is 1.06. The lowest BCUT2D eigenvalue weighted by molar-refractivity contribution is -0.114. The molecule has 2 N–H and O–H groups in total. The Bertz CT molecular complexity index is 923. The first kappa shape index (κ1) is 18.6. The summed E-state index contributed by atoms with van der Waals surface area (Å²) in [5, 5.41) is 6.66.